The topological polar surface area (TPSA) is 82.2 Å². The van der Waals surface area contributed by atoms with E-state index in [0.717, 1.165) is 29.7 Å². The number of sulfonamides is 1. The summed E-state index contributed by atoms with van der Waals surface area (Å²) in [5, 5.41) is 0.943. The predicted octanol–water partition coefficient (Wildman–Crippen LogP) is 4.05. The standard InChI is InChI=1S/C22H32F3N5O2S/c1-14-17(19(14)22(23,24)25)6-4-5-9-29(2)33(31,32)12-15-10-16(11-15)30(3)21-18-7-8-26-20(18)27-13-28-21/h7-8,13-17,19H,4-6,9-12H2,1-3H3,(H,26,27,28). The number of rotatable bonds is 10. The van der Waals surface area contributed by atoms with E-state index in [9.17, 15) is 21.6 Å². The third-order valence-corrected chi connectivity index (χ3v) is 9.57. The van der Waals surface area contributed by atoms with E-state index in [0.29, 0.717) is 25.8 Å². The minimum atomic E-state index is -4.11. The molecule has 11 heteroatoms. The molecule has 2 fully saturated rings. The molecule has 0 spiro atoms. The maximum Gasteiger partial charge on any atom is 0.392 e. The van der Waals surface area contributed by atoms with Gasteiger partial charge in [0.1, 0.15) is 17.8 Å². The smallest absolute Gasteiger partial charge is 0.356 e. The van der Waals surface area contributed by atoms with Crippen molar-refractivity contribution >= 4 is 26.9 Å². The summed E-state index contributed by atoms with van der Waals surface area (Å²) in [6.45, 7) is 2.00. The summed E-state index contributed by atoms with van der Waals surface area (Å²) in [7, 11) is 0.156. The molecule has 0 radical (unpaired) electrons. The number of H-pyrrole nitrogens is 1. The van der Waals surface area contributed by atoms with Crippen LogP contribution in [-0.2, 0) is 10.0 Å². The first kappa shape index (κ1) is 24.3. The SMILES string of the molecule is CC1C(CCCCN(C)S(=O)(=O)CC2CC(N(C)c3ncnc4[nH]ccc34)C2)C1C(F)(F)F. The molecule has 0 bridgehead atoms. The average molecular weight is 488 g/mol. The van der Waals surface area contributed by atoms with E-state index in [1.165, 1.54) is 10.6 Å². The van der Waals surface area contributed by atoms with Crippen molar-refractivity contribution in [1.82, 2.24) is 19.3 Å². The number of nitrogens with one attached hydrogen (secondary N) is 1. The Morgan fingerprint density at radius 2 is 1.91 bits per heavy atom. The Bertz CT molecular complexity index is 1070. The maximum atomic E-state index is 12.8. The van der Waals surface area contributed by atoms with Gasteiger partial charge in [-0.1, -0.05) is 13.3 Å². The van der Waals surface area contributed by atoms with E-state index in [4.69, 9.17) is 0 Å². The van der Waals surface area contributed by atoms with Gasteiger partial charge >= 0.3 is 6.18 Å². The first-order valence-electron chi connectivity index (χ1n) is 11.5. The second-order valence-corrected chi connectivity index (χ2v) is 11.8. The maximum absolute atomic E-state index is 12.8. The van der Waals surface area contributed by atoms with Crippen molar-refractivity contribution in [1.29, 1.82) is 0 Å². The normalized spacial score (nSPS) is 27.7. The Kier molecular flexibility index (Phi) is 6.65. The summed E-state index contributed by atoms with van der Waals surface area (Å²) in [5.41, 5.74) is 0.775. The number of halogens is 3. The van der Waals surface area contributed by atoms with Gasteiger partial charge in [-0.15, -0.1) is 0 Å². The summed E-state index contributed by atoms with van der Waals surface area (Å²) in [4.78, 5) is 13.8. The average Bonchev–Trinajstić information content (AvgIpc) is 3.14. The van der Waals surface area contributed by atoms with E-state index in [1.54, 1.807) is 14.0 Å². The Morgan fingerprint density at radius 1 is 1.18 bits per heavy atom. The van der Waals surface area contributed by atoms with E-state index in [-0.39, 0.29) is 29.5 Å². The molecule has 1 N–H and O–H groups in total. The molecule has 2 saturated carbocycles. The molecule has 2 heterocycles. The van der Waals surface area contributed by atoms with E-state index < -0.39 is 22.1 Å². The molecule has 0 amide bonds. The number of alkyl halides is 3. The number of aromatic amines is 1. The first-order chi connectivity index (χ1) is 15.5. The number of hydrogen-bond acceptors (Lipinski definition) is 5. The molecule has 0 aliphatic heterocycles. The fourth-order valence-corrected chi connectivity index (χ4v) is 6.80. The molecule has 0 aromatic carbocycles. The lowest BCUT2D eigenvalue weighted by atomic mass is 9.81. The zero-order valence-corrected chi connectivity index (χ0v) is 20.0. The van der Waals surface area contributed by atoms with Crippen LogP contribution >= 0.6 is 0 Å². The highest BCUT2D eigenvalue weighted by Crippen LogP contribution is 2.57. The van der Waals surface area contributed by atoms with Gasteiger partial charge in [-0.3, -0.25) is 0 Å². The van der Waals surface area contributed by atoms with Crippen LogP contribution in [0.5, 0.6) is 0 Å². The fraction of sp³-hybridized carbons (Fsp3) is 0.727. The van der Waals surface area contributed by atoms with Gasteiger partial charge < -0.3 is 9.88 Å². The summed E-state index contributed by atoms with van der Waals surface area (Å²) >= 11 is 0. The zero-order valence-electron chi connectivity index (χ0n) is 19.2. The van der Waals surface area contributed by atoms with Gasteiger partial charge in [0.05, 0.1) is 17.1 Å². The number of nitrogens with zero attached hydrogens (tertiary/aromatic N) is 4. The molecule has 3 atom stereocenters. The van der Waals surface area contributed by atoms with Crippen molar-refractivity contribution < 1.29 is 21.6 Å². The van der Waals surface area contributed by atoms with Gasteiger partial charge in [-0.25, -0.2) is 22.7 Å². The second-order valence-electron chi connectivity index (χ2n) is 9.73. The molecule has 2 aromatic rings. The lowest BCUT2D eigenvalue weighted by Gasteiger charge is -2.42. The van der Waals surface area contributed by atoms with Crippen LogP contribution in [0.2, 0.25) is 0 Å². The van der Waals surface area contributed by atoms with Gasteiger partial charge in [-0.2, -0.15) is 13.2 Å². The molecule has 2 aliphatic rings. The zero-order chi connectivity index (χ0) is 24.0. The van der Waals surface area contributed by atoms with Gasteiger partial charge in [0.15, 0.2) is 0 Å². The van der Waals surface area contributed by atoms with E-state index in [2.05, 4.69) is 19.9 Å². The van der Waals surface area contributed by atoms with Crippen molar-refractivity contribution in [2.45, 2.75) is 51.2 Å². The highest BCUT2D eigenvalue weighted by atomic mass is 32.2. The molecular weight excluding hydrogens is 455 g/mol. The lowest BCUT2D eigenvalue weighted by molar-refractivity contribution is -0.153. The number of unbranched alkanes of at least 4 members (excludes halogenated alkanes) is 1. The van der Waals surface area contributed by atoms with Crippen molar-refractivity contribution in [3.8, 4) is 0 Å². The number of fused-ring (bicyclic) bond motifs is 1. The third kappa shape index (κ3) is 5.13. The largest absolute Gasteiger partial charge is 0.392 e. The van der Waals surface area contributed by atoms with Crippen molar-refractivity contribution in [2.75, 3.05) is 31.3 Å². The van der Waals surface area contributed by atoms with E-state index in [1.807, 2.05) is 19.3 Å². The molecule has 7 nitrogen and oxygen atoms in total. The molecule has 2 aliphatic carbocycles. The molecule has 4 rings (SSSR count). The molecular formula is C22H32F3N5O2S. The quantitative estimate of drug-likeness (QED) is 0.512. The van der Waals surface area contributed by atoms with Gasteiger partial charge in [0, 0.05) is 32.9 Å². The number of aromatic nitrogens is 3. The molecule has 184 valence electrons. The molecule has 0 saturated heterocycles. The van der Waals surface area contributed by atoms with Crippen LogP contribution in [0.1, 0.15) is 39.0 Å². The van der Waals surface area contributed by atoms with Crippen LogP contribution in [-0.4, -0.2) is 66.3 Å². The van der Waals surface area contributed by atoms with Gasteiger partial charge in [0.25, 0.3) is 0 Å². The van der Waals surface area contributed by atoms with Crippen molar-refractivity contribution in [2.24, 2.45) is 23.7 Å². The Hall–Kier alpha value is -1.88. The van der Waals surface area contributed by atoms with Crippen LogP contribution < -0.4 is 4.90 Å². The Balaban J connectivity index is 1.19. The lowest BCUT2D eigenvalue weighted by Crippen LogP contribution is -2.46. The minimum absolute atomic E-state index is 0.0910. The Labute approximate surface area is 192 Å². The molecule has 33 heavy (non-hydrogen) atoms. The van der Waals surface area contributed by atoms with Gasteiger partial charge in [-0.05, 0) is 49.5 Å². The summed E-state index contributed by atoms with van der Waals surface area (Å²) < 4.78 is 65.3. The van der Waals surface area contributed by atoms with Crippen molar-refractivity contribution in [3.05, 3.63) is 18.6 Å². The molecule has 3 unspecified atom stereocenters. The predicted molar refractivity (Wildman–Crippen MR) is 121 cm³/mol. The minimum Gasteiger partial charge on any atom is -0.356 e. The summed E-state index contributed by atoms with van der Waals surface area (Å²) in [5.74, 6) is -0.771. The highest BCUT2D eigenvalue weighted by Gasteiger charge is 2.61. The third-order valence-electron chi connectivity index (χ3n) is 7.55. The highest BCUT2D eigenvalue weighted by molar-refractivity contribution is 7.89. The summed E-state index contributed by atoms with van der Waals surface area (Å²) in [6.07, 6.45) is 2.49. The second kappa shape index (κ2) is 9.05. The van der Waals surface area contributed by atoms with Crippen LogP contribution in [0.25, 0.3) is 11.0 Å². The number of anilines is 1. The van der Waals surface area contributed by atoms with Crippen molar-refractivity contribution in [3.63, 3.8) is 0 Å². The Morgan fingerprint density at radius 3 is 2.58 bits per heavy atom. The van der Waals surface area contributed by atoms with Crippen LogP contribution in [0.15, 0.2) is 18.6 Å². The summed E-state index contributed by atoms with van der Waals surface area (Å²) in [6, 6.07) is 2.16. The van der Waals surface area contributed by atoms with Gasteiger partial charge in [0.2, 0.25) is 10.0 Å². The van der Waals surface area contributed by atoms with Crippen LogP contribution in [0.4, 0.5) is 19.0 Å². The van der Waals surface area contributed by atoms with Crippen LogP contribution in [0.3, 0.4) is 0 Å². The monoisotopic (exact) mass is 487 g/mol. The number of hydrogen-bond donors (Lipinski definition) is 1. The van der Waals surface area contributed by atoms with E-state index >= 15 is 0 Å². The first-order valence-corrected chi connectivity index (χ1v) is 13.1. The fourth-order valence-electron chi connectivity index (χ4n) is 5.27. The molecule has 2 aromatic heterocycles. The van der Waals surface area contributed by atoms with Crippen LogP contribution in [0, 0.1) is 23.7 Å².